The SMILES string of the molecule is Cc1nnc(NC(=O)c2cc(-c3ccccc3)n[nH]2)s1. The number of aryl methyl sites for hydroxylation is 1. The van der Waals surface area contributed by atoms with Crippen LogP contribution in [0.3, 0.4) is 0 Å². The van der Waals surface area contributed by atoms with Crippen LogP contribution in [-0.4, -0.2) is 26.3 Å². The summed E-state index contributed by atoms with van der Waals surface area (Å²) in [6.45, 7) is 1.83. The van der Waals surface area contributed by atoms with Gasteiger partial charge >= 0.3 is 0 Å². The highest BCUT2D eigenvalue weighted by Gasteiger charge is 2.12. The Bertz CT molecular complexity index is 734. The fourth-order valence-corrected chi connectivity index (χ4v) is 2.29. The molecule has 1 aromatic carbocycles. The molecule has 3 rings (SSSR count). The van der Waals surface area contributed by atoms with E-state index in [0.29, 0.717) is 10.8 Å². The molecule has 0 saturated heterocycles. The summed E-state index contributed by atoms with van der Waals surface area (Å²) in [5, 5.41) is 18.5. The van der Waals surface area contributed by atoms with Crippen LogP contribution in [0.1, 0.15) is 15.5 Å². The third-order valence-electron chi connectivity index (χ3n) is 2.64. The number of H-pyrrole nitrogens is 1. The lowest BCUT2D eigenvalue weighted by Crippen LogP contribution is -2.12. The average molecular weight is 285 g/mol. The number of anilines is 1. The summed E-state index contributed by atoms with van der Waals surface area (Å²) in [6.07, 6.45) is 0. The second-order valence-corrected chi connectivity index (χ2v) is 5.29. The topological polar surface area (TPSA) is 83.6 Å². The minimum absolute atomic E-state index is 0.282. The molecule has 1 amide bonds. The highest BCUT2D eigenvalue weighted by atomic mass is 32.1. The van der Waals surface area contributed by atoms with Crippen LogP contribution in [0.25, 0.3) is 11.3 Å². The number of carbonyl (C=O) groups is 1. The summed E-state index contributed by atoms with van der Waals surface area (Å²) >= 11 is 1.33. The minimum atomic E-state index is -0.282. The number of benzene rings is 1. The van der Waals surface area contributed by atoms with Gasteiger partial charge in [-0.1, -0.05) is 41.7 Å². The fourth-order valence-electron chi connectivity index (χ4n) is 1.71. The van der Waals surface area contributed by atoms with Gasteiger partial charge in [-0.05, 0) is 13.0 Å². The number of hydrogen-bond acceptors (Lipinski definition) is 5. The third-order valence-corrected chi connectivity index (χ3v) is 3.39. The molecular weight excluding hydrogens is 274 g/mol. The summed E-state index contributed by atoms with van der Waals surface area (Å²) in [5.74, 6) is -0.282. The van der Waals surface area contributed by atoms with Crippen molar-refractivity contribution in [3.05, 3.63) is 47.1 Å². The van der Waals surface area contributed by atoms with Crippen molar-refractivity contribution in [3.63, 3.8) is 0 Å². The molecule has 2 heterocycles. The zero-order valence-electron chi connectivity index (χ0n) is 10.6. The molecule has 0 aliphatic rings. The first kappa shape index (κ1) is 12.5. The summed E-state index contributed by atoms with van der Waals surface area (Å²) in [7, 11) is 0. The van der Waals surface area contributed by atoms with Crippen molar-refractivity contribution >= 4 is 22.4 Å². The lowest BCUT2D eigenvalue weighted by Gasteiger charge is -1.96. The van der Waals surface area contributed by atoms with Crippen LogP contribution < -0.4 is 5.32 Å². The molecule has 0 bridgehead atoms. The van der Waals surface area contributed by atoms with Gasteiger partial charge in [0, 0.05) is 5.56 Å². The zero-order chi connectivity index (χ0) is 13.9. The highest BCUT2D eigenvalue weighted by molar-refractivity contribution is 7.15. The van der Waals surface area contributed by atoms with E-state index in [1.54, 1.807) is 6.07 Å². The number of aromatic amines is 1. The number of amides is 1. The van der Waals surface area contributed by atoms with Gasteiger partial charge in [-0.25, -0.2) is 0 Å². The first-order chi connectivity index (χ1) is 9.72. The monoisotopic (exact) mass is 285 g/mol. The Labute approximate surface area is 118 Å². The predicted molar refractivity (Wildman–Crippen MR) is 76.6 cm³/mol. The molecular formula is C13H11N5OS. The summed E-state index contributed by atoms with van der Waals surface area (Å²) in [4.78, 5) is 12.0. The molecule has 0 aliphatic heterocycles. The van der Waals surface area contributed by atoms with E-state index >= 15 is 0 Å². The smallest absolute Gasteiger partial charge is 0.275 e. The number of nitrogens with zero attached hydrogens (tertiary/aromatic N) is 3. The fraction of sp³-hybridized carbons (Fsp3) is 0.0769. The molecule has 0 spiro atoms. The summed E-state index contributed by atoms with van der Waals surface area (Å²) in [6, 6.07) is 11.4. The molecule has 3 aromatic rings. The van der Waals surface area contributed by atoms with E-state index in [4.69, 9.17) is 0 Å². The number of rotatable bonds is 3. The minimum Gasteiger partial charge on any atom is -0.295 e. The van der Waals surface area contributed by atoms with Crippen LogP contribution in [0, 0.1) is 6.92 Å². The lowest BCUT2D eigenvalue weighted by molar-refractivity contribution is 0.102. The largest absolute Gasteiger partial charge is 0.295 e. The van der Waals surface area contributed by atoms with Crippen molar-refractivity contribution < 1.29 is 4.79 Å². The maximum absolute atomic E-state index is 12.0. The van der Waals surface area contributed by atoms with Gasteiger partial charge < -0.3 is 0 Å². The molecule has 2 N–H and O–H groups in total. The second kappa shape index (κ2) is 5.22. The van der Waals surface area contributed by atoms with Crippen LogP contribution in [-0.2, 0) is 0 Å². The number of aromatic nitrogens is 4. The van der Waals surface area contributed by atoms with Crippen LogP contribution in [0.4, 0.5) is 5.13 Å². The molecule has 0 radical (unpaired) electrons. The molecule has 0 atom stereocenters. The summed E-state index contributed by atoms with van der Waals surface area (Å²) < 4.78 is 0. The van der Waals surface area contributed by atoms with Crippen molar-refractivity contribution in [1.29, 1.82) is 0 Å². The van der Waals surface area contributed by atoms with Gasteiger partial charge in [-0.15, -0.1) is 10.2 Å². The van der Waals surface area contributed by atoms with Crippen molar-refractivity contribution in [2.24, 2.45) is 0 Å². The Morgan fingerprint density at radius 1 is 1.25 bits per heavy atom. The van der Waals surface area contributed by atoms with Crippen LogP contribution in [0.15, 0.2) is 36.4 Å². The van der Waals surface area contributed by atoms with Gasteiger partial charge in [0.05, 0.1) is 5.69 Å². The van der Waals surface area contributed by atoms with Crippen molar-refractivity contribution in [2.75, 3.05) is 5.32 Å². The van der Waals surface area contributed by atoms with Gasteiger partial charge in [-0.2, -0.15) is 5.10 Å². The normalized spacial score (nSPS) is 10.4. The van der Waals surface area contributed by atoms with E-state index in [9.17, 15) is 4.79 Å². The van der Waals surface area contributed by atoms with Crippen molar-refractivity contribution in [3.8, 4) is 11.3 Å². The standard InChI is InChI=1S/C13H11N5OS/c1-8-15-18-13(20-8)14-12(19)11-7-10(16-17-11)9-5-3-2-4-6-9/h2-7H,1H3,(H,16,17)(H,14,18,19). The molecule has 20 heavy (non-hydrogen) atoms. The van der Waals surface area contributed by atoms with Crippen LogP contribution >= 0.6 is 11.3 Å². The van der Waals surface area contributed by atoms with E-state index in [2.05, 4.69) is 25.7 Å². The Morgan fingerprint density at radius 3 is 2.75 bits per heavy atom. The molecule has 0 aliphatic carbocycles. The van der Waals surface area contributed by atoms with E-state index in [-0.39, 0.29) is 5.91 Å². The Hall–Kier alpha value is -2.54. The van der Waals surface area contributed by atoms with Crippen molar-refractivity contribution in [2.45, 2.75) is 6.92 Å². The van der Waals surface area contributed by atoms with Crippen LogP contribution in [0.2, 0.25) is 0 Å². The number of carbonyl (C=O) groups excluding carboxylic acids is 1. The van der Waals surface area contributed by atoms with Gasteiger partial charge in [0.15, 0.2) is 0 Å². The first-order valence-corrected chi connectivity index (χ1v) is 6.76. The molecule has 2 aromatic heterocycles. The van der Waals surface area contributed by atoms with Crippen molar-refractivity contribution in [1.82, 2.24) is 20.4 Å². The van der Waals surface area contributed by atoms with E-state index < -0.39 is 0 Å². The Balaban J connectivity index is 1.78. The average Bonchev–Trinajstić information content (AvgIpc) is 3.09. The first-order valence-electron chi connectivity index (χ1n) is 5.94. The molecule has 0 saturated carbocycles. The molecule has 0 fully saturated rings. The number of nitrogens with one attached hydrogen (secondary N) is 2. The maximum Gasteiger partial charge on any atom is 0.275 e. The van der Waals surface area contributed by atoms with Crippen LogP contribution in [0.5, 0.6) is 0 Å². The molecule has 100 valence electrons. The molecule has 0 unspecified atom stereocenters. The highest BCUT2D eigenvalue weighted by Crippen LogP contribution is 2.18. The van der Waals surface area contributed by atoms with E-state index in [0.717, 1.165) is 16.3 Å². The molecule has 6 nitrogen and oxygen atoms in total. The molecule has 7 heteroatoms. The quantitative estimate of drug-likeness (QED) is 0.774. The lowest BCUT2D eigenvalue weighted by atomic mass is 10.1. The third kappa shape index (κ3) is 2.57. The van der Waals surface area contributed by atoms with E-state index in [1.165, 1.54) is 11.3 Å². The van der Waals surface area contributed by atoms with Gasteiger partial charge in [0.25, 0.3) is 5.91 Å². The maximum atomic E-state index is 12.0. The Morgan fingerprint density at radius 2 is 2.05 bits per heavy atom. The van der Waals surface area contributed by atoms with Gasteiger partial charge in [0.1, 0.15) is 10.7 Å². The van der Waals surface area contributed by atoms with Gasteiger partial charge in [-0.3, -0.25) is 15.2 Å². The second-order valence-electron chi connectivity index (χ2n) is 4.11. The number of hydrogen-bond donors (Lipinski definition) is 2. The Kier molecular flexibility index (Phi) is 3.26. The van der Waals surface area contributed by atoms with Gasteiger partial charge in [0.2, 0.25) is 5.13 Å². The summed E-state index contributed by atoms with van der Waals surface area (Å²) in [5.41, 5.74) is 2.07. The zero-order valence-corrected chi connectivity index (χ0v) is 11.4. The predicted octanol–water partition coefficient (Wildman–Crippen LogP) is 2.49. The van der Waals surface area contributed by atoms with E-state index in [1.807, 2.05) is 37.3 Å².